The van der Waals surface area contributed by atoms with Crippen molar-refractivity contribution in [3.63, 3.8) is 0 Å². The zero-order valence-electron chi connectivity index (χ0n) is 18.8. The van der Waals surface area contributed by atoms with E-state index in [0.29, 0.717) is 12.3 Å². The van der Waals surface area contributed by atoms with E-state index in [9.17, 15) is 9.18 Å². The second-order valence-corrected chi connectivity index (χ2v) is 9.36. The number of para-hydroxylation sites is 1. The predicted molar refractivity (Wildman–Crippen MR) is 127 cm³/mol. The third kappa shape index (κ3) is 5.01. The van der Waals surface area contributed by atoms with Gasteiger partial charge in [-0.25, -0.2) is 9.07 Å². The molecule has 3 atom stereocenters. The van der Waals surface area contributed by atoms with Crippen LogP contribution in [0.1, 0.15) is 61.7 Å². The van der Waals surface area contributed by atoms with Gasteiger partial charge in [-0.1, -0.05) is 49.6 Å². The number of aromatic nitrogens is 2. The highest BCUT2D eigenvalue weighted by atomic mass is 19.1. The predicted octanol–water partition coefficient (Wildman–Crippen LogP) is 4.89. The number of carbonyl (C=O) groups excluding carboxylic acids is 1. The minimum atomic E-state index is -0.325. The fourth-order valence-electron chi connectivity index (χ4n) is 5.31. The first-order valence-electron chi connectivity index (χ1n) is 12.1. The Kier molecular flexibility index (Phi) is 6.53. The van der Waals surface area contributed by atoms with Crippen molar-refractivity contribution in [1.29, 1.82) is 0 Å². The summed E-state index contributed by atoms with van der Waals surface area (Å²) in [5.74, 6) is 0.322. The topological polar surface area (TPSA) is 59.0 Å². The average molecular weight is 447 g/mol. The first kappa shape index (κ1) is 21.8. The Morgan fingerprint density at radius 3 is 2.67 bits per heavy atom. The fraction of sp³-hybridized carbons (Fsp3) is 0.407. The maximum Gasteiger partial charge on any atom is 0.237 e. The first-order chi connectivity index (χ1) is 16.2. The first-order valence-corrected chi connectivity index (χ1v) is 12.1. The van der Waals surface area contributed by atoms with Crippen LogP contribution in [-0.2, 0) is 4.79 Å². The molecule has 3 aromatic rings. The third-order valence-electron chi connectivity index (χ3n) is 7.10. The molecule has 1 aromatic heterocycles. The second-order valence-electron chi connectivity index (χ2n) is 9.36. The number of carbonyl (C=O) groups is 1. The van der Waals surface area contributed by atoms with Gasteiger partial charge in [0.25, 0.3) is 0 Å². The lowest BCUT2D eigenvalue weighted by Crippen LogP contribution is -2.42. The van der Waals surface area contributed by atoms with Crippen LogP contribution in [0, 0.1) is 11.7 Å². The van der Waals surface area contributed by atoms with Gasteiger partial charge in [0.15, 0.2) is 0 Å². The van der Waals surface area contributed by atoms with Crippen LogP contribution in [0.15, 0.2) is 66.9 Å². The van der Waals surface area contributed by atoms with E-state index in [2.05, 4.69) is 10.6 Å². The Morgan fingerprint density at radius 2 is 1.88 bits per heavy atom. The summed E-state index contributed by atoms with van der Waals surface area (Å²) in [6, 6.07) is 18.1. The molecule has 1 saturated carbocycles. The quantitative estimate of drug-likeness (QED) is 0.567. The number of hydrogen-bond donors (Lipinski definition) is 2. The molecule has 0 radical (unpaired) electrons. The summed E-state index contributed by atoms with van der Waals surface area (Å²) in [4.78, 5) is 13.1. The van der Waals surface area contributed by atoms with Crippen LogP contribution >= 0.6 is 0 Å². The summed E-state index contributed by atoms with van der Waals surface area (Å²) in [7, 11) is 0. The molecular weight excluding hydrogens is 415 g/mol. The summed E-state index contributed by atoms with van der Waals surface area (Å²) in [6.07, 6.45) is 8.80. The number of benzene rings is 2. The van der Waals surface area contributed by atoms with Gasteiger partial charge in [-0.2, -0.15) is 5.10 Å². The van der Waals surface area contributed by atoms with E-state index >= 15 is 0 Å². The maximum atomic E-state index is 14.0. The lowest BCUT2D eigenvalue weighted by Gasteiger charge is -2.23. The molecule has 2 aromatic carbocycles. The zero-order valence-corrected chi connectivity index (χ0v) is 18.8. The van der Waals surface area contributed by atoms with Gasteiger partial charge in [0, 0.05) is 24.7 Å². The van der Waals surface area contributed by atoms with Gasteiger partial charge in [-0.3, -0.25) is 10.1 Å². The molecular formula is C27H31FN4O. The Hall–Kier alpha value is -2.99. The Labute approximate surface area is 194 Å². The summed E-state index contributed by atoms with van der Waals surface area (Å²) < 4.78 is 15.9. The molecule has 1 aliphatic heterocycles. The Morgan fingerprint density at radius 1 is 1.06 bits per heavy atom. The number of rotatable bonds is 6. The van der Waals surface area contributed by atoms with Crippen molar-refractivity contribution in [3.05, 3.63) is 83.9 Å². The molecule has 1 amide bonds. The summed E-state index contributed by atoms with van der Waals surface area (Å²) in [5, 5.41) is 11.5. The summed E-state index contributed by atoms with van der Waals surface area (Å²) in [6.45, 7) is 0.745. The van der Waals surface area contributed by atoms with Crippen LogP contribution in [0.4, 0.5) is 4.39 Å². The van der Waals surface area contributed by atoms with Crippen molar-refractivity contribution in [2.75, 3.05) is 6.54 Å². The molecule has 1 saturated heterocycles. The lowest BCUT2D eigenvalue weighted by atomic mass is 9.89. The Bertz CT molecular complexity index is 1080. The molecule has 2 N–H and O–H groups in total. The second kappa shape index (κ2) is 9.87. The van der Waals surface area contributed by atoms with Gasteiger partial charge in [0.05, 0.1) is 17.4 Å². The minimum absolute atomic E-state index is 0.0257. The molecule has 33 heavy (non-hydrogen) atoms. The summed E-state index contributed by atoms with van der Waals surface area (Å²) in [5.41, 5.74) is 2.74. The van der Waals surface area contributed by atoms with Gasteiger partial charge < -0.3 is 5.32 Å². The van der Waals surface area contributed by atoms with E-state index < -0.39 is 0 Å². The maximum absolute atomic E-state index is 14.0. The van der Waals surface area contributed by atoms with Crippen molar-refractivity contribution in [3.8, 4) is 5.69 Å². The molecule has 2 fully saturated rings. The van der Waals surface area contributed by atoms with E-state index in [1.54, 1.807) is 12.1 Å². The van der Waals surface area contributed by atoms with Crippen LogP contribution in [0.25, 0.3) is 5.69 Å². The van der Waals surface area contributed by atoms with Gasteiger partial charge in [0.1, 0.15) is 5.82 Å². The van der Waals surface area contributed by atoms with E-state index in [4.69, 9.17) is 5.10 Å². The average Bonchev–Trinajstić information content (AvgIpc) is 3.52. The van der Waals surface area contributed by atoms with Crippen LogP contribution in [0.3, 0.4) is 0 Å². The van der Waals surface area contributed by atoms with Crippen molar-refractivity contribution >= 4 is 5.91 Å². The molecule has 2 heterocycles. The van der Waals surface area contributed by atoms with E-state index in [1.807, 2.05) is 53.3 Å². The van der Waals surface area contributed by atoms with Crippen LogP contribution in [0.5, 0.6) is 0 Å². The minimum Gasteiger partial charge on any atom is -0.354 e. The highest BCUT2D eigenvalue weighted by molar-refractivity contribution is 5.82. The van der Waals surface area contributed by atoms with Gasteiger partial charge in [0.2, 0.25) is 5.91 Å². The molecule has 6 heteroatoms. The Balaban J connectivity index is 1.35. The molecule has 0 unspecified atom stereocenters. The normalized spacial score (nSPS) is 23.5. The highest BCUT2D eigenvalue weighted by Gasteiger charge is 2.40. The van der Waals surface area contributed by atoms with Gasteiger partial charge in [-0.15, -0.1) is 0 Å². The fourth-order valence-corrected chi connectivity index (χ4v) is 5.31. The molecule has 5 nitrogen and oxygen atoms in total. The summed E-state index contributed by atoms with van der Waals surface area (Å²) >= 11 is 0. The van der Waals surface area contributed by atoms with Gasteiger partial charge >= 0.3 is 0 Å². The zero-order chi connectivity index (χ0) is 22.6. The van der Waals surface area contributed by atoms with Crippen LogP contribution in [-0.4, -0.2) is 28.3 Å². The number of halogens is 1. The monoisotopic (exact) mass is 446 g/mol. The van der Waals surface area contributed by atoms with Crippen molar-refractivity contribution in [1.82, 2.24) is 20.4 Å². The molecule has 2 aliphatic rings. The third-order valence-corrected chi connectivity index (χ3v) is 7.10. The van der Waals surface area contributed by atoms with E-state index in [0.717, 1.165) is 23.5 Å². The molecule has 172 valence electrons. The van der Waals surface area contributed by atoms with Crippen LogP contribution in [0.2, 0.25) is 0 Å². The van der Waals surface area contributed by atoms with Crippen LogP contribution < -0.4 is 10.6 Å². The SMILES string of the molecule is O=C(NCC1CCCCC1)[C@@H]1C[C@H](c2ccn(-c3ccccc3)n2)[C@H](c2cccc(F)c2)N1. The van der Waals surface area contributed by atoms with Crippen molar-refractivity contribution in [2.45, 2.75) is 56.5 Å². The number of hydrogen-bond acceptors (Lipinski definition) is 3. The van der Waals surface area contributed by atoms with Crippen molar-refractivity contribution in [2.24, 2.45) is 5.92 Å². The molecule has 0 bridgehead atoms. The van der Waals surface area contributed by atoms with Gasteiger partial charge in [-0.05, 0) is 61.1 Å². The van der Waals surface area contributed by atoms with E-state index in [1.165, 1.54) is 38.2 Å². The lowest BCUT2D eigenvalue weighted by molar-refractivity contribution is -0.123. The molecule has 1 aliphatic carbocycles. The smallest absolute Gasteiger partial charge is 0.237 e. The highest BCUT2D eigenvalue weighted by Crippen LogP contribution is 2.40. The number of amides is 1. The molecule has 5 rings (SSSR count). The van der Waals surface area contributed by atoms with E-state index in [-0.39, 0.29) is 29.7 Å². The largest absolute Gasteiger partial charge is 0.354 e. The number of nitrogens with zero attached hydrogens (tertiary/aromatic N) is 2. The standard InChI is InChI=1S/C27H31FN4O/c28-21-11-7-10-20(16-21)26-23(24-14-15-32(31-24)22-12-5-2-6-13-22)17-25(30-26)27(33)29-18-19-8-3-1-4-9-19/h2,5-7,10-16,19,23,25-26,30H,1,3-4,8-9,17-18H2,(H,29,33)/t23-,25+,26+/m1/s1. The molecule has 0 spiro atoms. The van der Waals surface area contributed by atoms with Crippen molar-refractivity contribution < 1.29 is 9.18 Å². The number of nitrogens with one attached hydrogen (secondary N) is 2.